The van der Waals surface area contributed by atoms with Gasteiger partial charge in [-0.2, -0.15) is 0 Å². The number of oxime groups is 1. The molecule has 0 bridgehead atoms. The molecule has 216 valence electrons. The third-order valence-corrected chi connectivity index (χ3v) is 8.60. The van der Waals surface area contributed by atoms with Crippen LogP contribution in [-0.2, 0) is 25.6 Å². The van der Waals surface area contributed by atoms with Crippen molar-refractivity contribution in [1.29, 1.82) is 0 Å². The predicted molar refractivity (Wildman–Crippen MR) is 147 cm³/mol. The molecule has 12 heteroatoms. The van der Waals surface area contributed by atoms with Gasteiger partial charge in [-0.3, -0.25) is 19.3 Å². The van der Waals surface area contributed by atoms with Gasteiger partial charge >= 0.3 is 0 Å². The van der Waals surface area contributed by atoms with Gasteiger partial charge in [0.25, 0.3) is 5.91 Å². The van der Waals surface area contributed by atoms with Gasteiger partial charge in [0.15, 0.2) is 5.60 Å². The first kappa shape index (κ1) is 29.1. The zero-order valence-electron chi connectivity index (χ0n) is 23.5. The Morgan fingerprint density at radius 3 is 2.40 bits per heavy atom. The lowest BCUT2D eigenvalue weighted by Crippen LogP contribution is -2.71. The van der Waals surface area contributed by atoms with Crippen LogP contribution < -0.4 is 10.6 Å². The van der Waals surface area contributed by atoms with Gasteiger partial charge in [0.05, 0.1) is 23.4 Å². The van der Waals surface area contributed by atoms with Gasteiger partial charge in [0.2, 0.25) is 11.6 Å². The zero-order valence-corrected chi connectivity index (χ0v) is 23.5. The highest BCUT2D eigenvalue weighted by Crippen LogP contribution is 2.55. The Kier molecular flexibility index (Phi) is 7.22. The number of carbonyl (C=O) groups excluding carboxylic acids is 3. The number of phenols is 1. The molecular weight excluding hydrogens is 520 g/mol. The molecule has 0 saturated heterocycles. The number of aliphatic hydroxyl groups excluding tert-OH is 2. The summed E-state index contributed by atoms with van der Waals surface area (Å²) in [4.78, 5) is 48.3. The molecule has 3 aliphatic carbocycles. The molecule has 0 radical (unpaired) electrons. The third-order valence-electron chi connectivity index (χ3n) is 8.60. The molecular formula is C28H36N4O8. The molecule has 4 rings (SSSR count). The number of nitrogens with zero attached hydrogens (tertiary/aromatic N) is 3. The Hall–Kier alpha value is -3.90. The second-order valence-electron chi connectivity index (χ2n) is 11.1. The lowest BCUT2D eigenvalue weighted by atomic mass is 9.53. The molecule has 4 atom stereocenters. The van der Waals surface area contributed by atoms with Crippen LogP contribution in [0.15, 0.2) is 34.2 Å². The number of hydrogen-bond donors (Lipinski definition) is 5. The second-order valence-corrected chi connectivity index (χ2v) is 11.1. The first-order valence-electron chi connectivity index (χ1n) is 13.0. The minimum absolute atomic E-state index is 0.00122. The number of aliphatic hydroxyl groups is 3. The number of anilines is 1. The van der Waals surface area contributed by atoms with Gasteiger partial charge in [0.1, 0.15) is 29.4 Å². The van der Waals surface area contributed by atoms with Crippen LogP contribution in [0.1, 0.15) is 38.3 Å². The molecule has 0 spiro atoms. The Morgan fingerprint density at radius 2 is 1.82 bits per heavy atom. The van der Waals surface area contributed by atoms with Crippen molar-refractivity contribution in [2.24, 2.45) is 22.7 Å². The molecule has 3 aliphatic rings. The summed E-state index contributed by atoms with van der Waals surface area (Å²) in [5.41, 5.74) is 2.01. The second kappa shape index (κ2) is 9.93. The molecule has 0 unspecified atom stereocenters. The van der Waals surface area contributed by atoms with E-state index in [0.717, 1.165) is 0 Å². The number of Topliss-reactive ketones (excluding diaryl/α,β-unsaturated/α-hetero) is 2. The zero-order chi connectivity index (χ0) is 29.9. The summed E-state index contributed by atoms with van der Waals surface area (Å²) in [7, 11) is 4.99. The largest absolute Gasteiger partial charge is 0.509 e. The van der Waals surface area contributed by atoms with Gasteiger partial charge in [-0.15, -0.1) is 0 Å². The van der Waals surface area contributed by atoms with Crippen molar-refractivity contribution in [3.8, 4) is 5.75 Å². The maximum Gasteiger partial charge on any atom is 0.255 e. The number of nitrogens with two attached hydrogens (primary N) is 1. The van der Waals surface area contributed by atoms with E-state index in [9.17, 15) is 34.8 Å². The van der Waals surface area contributed by atoms with Gasteiger partial charge in [0, 0.05) is 24.2 Å². The lowest BCUT2D eigenvalue weighted by molar-refractivity contribution is -0.168. The Balaban J connectivity index is 1.89. The van der Waals surface area contributed by atoms with Crippen molar-refractivity contribution in [1.82, 2.24) is 4.90 Å². The number of rotatable bonds is 7. The summed E-state index contributed by atoms with van der Waals surface area (Å²) in [6.45, 7) is 5.94. The number of phenolic OH excluding ortho intramolecular Hbond substituents is 1. The van der Waals surface area contributed by atoms with Crippen molar-refractivity contribution < 1.29 is 39.6 Å². The molecule has 1 fully saturated rings. The molecule has 40 heavy (non-hydrogen) atoms. The van der Waals surface area contributed by atoms with E-state index in [2.05, 4.69) is 5.16 Å². The summed E-state index contributed by atoms with van der Waals surface area (Å²) in [6, 6.07) is 3.09. The van der Waals surface area contributed by atoms with E-state index in [-0.39, 0.29) is 29.7 Å². The number of hydrogen-bond acceptors (Lipinski definition) is 11. The minimum Gasteiger partial charge on any atom is -0.509 e. The standard InChI is InChI=1S/C28H36N4O8/c1-7-40-30-13(2)12-32(6)16-8-9-17(33)20-15(16)10-14-11-18-27(3,31(4)5)23(35)21(26(29)38)25(37)28(18,39)24(36)19(14)22(20)34/h8-9,14,18,33-35,39H,7,10-12H2,1-6H3,(H2,29,38)/t14-,18-,27-,28-/m0/s1. The molecule has 1 saturated carbocycles. The maximum absolute atomic E-state index is 14.0. The van der Waals surface area contributed by atoms with Crippen LogP contribution in [0.2, 0.25) is 0 Å². The summed E-state index contributed by atoms with van der Waals surface area (Å²) < 4.78 is 0. The Morgan fingerprint density at radius 1 is 1.18 bits per heavy atom. The van der Waals surface area contributed by atoms with Crippen molar-refractivity contribution in [3.63, 3.8) is 0 Å². The minimum atomic E-state index is -2.77. The monoisotopic (exact) mass is 556 g/mol. The van der Waals surface area contributed by atoms with Gasteiger partial charge in [-0.25, -0.2) is 0 Å². The van der Waals surface area contributed by atoms with Gasteiger partial charge in [-0.1, -0.05) is 5.16 Å². The first-order valence-corrected chi connectivity index (χ1v) is 13.0. The average Bonchev–Trinajstić information content (AvgIpc) is 2.87. The molecule has 0 aromatic heterocycles. The number of primary amides is 1. The number of aromatic hydroxyl groups is 1. The van der Waals surface area contributed by atoms with Crippen molar-refractivity contribution in [3.05, 3.63) is 40.2 Å². The summed E-state index contributed by atoms with van der Waals surface area (Å²) in [6.07, 6.45) is 0.189. The van der Waals surface area contributed by atoms with E-state index in [1.54, 1.807) is 27.1 Å². The number of carbonyl (C=O) groups is 3. The Bertz CT molecular complexity index is 1400. The quantitative estimate of drug-likeness (QED) is 0.141. The fourth-order valence-corrected chi connectivity index (χ4v) is 6.44. The van der Waals surface area contributed by atoms with Crippen LogP contribution >= 0.6 is 0 Å². The summed E-state index contributed by atoms with van der Waals surface area (Å²) in [5, 5.41) is 49.2. The van der Waals surface area contributed by atoms with E-state index in [1.807, 2.05) is 18.9 Å². The normalized spacial score (nSPS) is 28.4. The lowest BCUT2D eigenvalue weighted by Gasteiger charge is -2.55. The van der Waals surface area contributed by atoms with Crippen LogP contribution in [-0.4, -0.2) is 93.9 Å². The number of amides is 1. The SMILES string of the molecule is CCON=C(C)CN(C)c1ccc(O)c2c1C[C@H]1C[C@@H]3[C@@](O)(C(=O)C(C(N)=O)=C(O)[C@@]3(C)N(C)C)C(=O)C1=C2O. The van der Waals surface area contributed by atoms with E-state index in [1.165, 1.54) is 17.9 Å². The van der Waals surface area contributed by atoms with Crippen LogP contribution in [0.5, 0.6) is 5.75 Å². The topological polar surface area (TPSA) is 186 Å². The van der Waals surface area contributed by atoms with Crippen molar-refractivity contribution >= 4 is 34.6 Å². The van der Waals surface area contributed by atoms with Crippen LogP contribution in [0.3, 0.4) is 0 Å². The van der Waals surface area contributed by atoms with E-state index < -0.39 is 57.5 Å². The molecule has 6 N–H and O–H groups in total. The fraction of sp³-hybridized carbons (Fsp3) is 0.500. The Labute approximate surface area is 232 Å². The predicted octanol–water partition coefficient (Wildman–Crippen LogP) is 1.20. The molecule has 1 amide bonds. The van der Waals surface area contributed by atoms with Crippen LogP contribution in [0.4, 0.5) is 5.69 Å². The fourth-order valence-electron chi connectivity index (χ4n) is 6.44. The molecule has 12 nitrogen and oxygen atoms in total. The molecule has 1 aromatic carbocycles. The smallest absolute Gasteiger partial charge is 0.255 e. The summed E-state index contributed by atoms with van der Waals surface area (Å²) in [5.74, 6) is -6.97. The highest BCUT2D eigenvalue weighted by molar-refractivity contribution is 6.33. The van der Waals surface area contributed by atoms with E-state index >= 15 is 0 Å². The van der Waals surface area contributed by atoms with Gasteiger partial charge in [-0.05, 0) is 71.3 Å². The van der Waals surface area contributed by atoms with E-state index in [0.29, 0.717) is 30.1 Å². The maximum atomic E-state index is 14.0. The molecule has 0 heterocycles. The average molecular weight is 557 g/mol. The number of ketones is 2. The van der Waals surface area contributed by atoms with E-state index in [4.69, 9.17) is 10.6 Å². The molecule has 0 aliphatic heterocycles. The number of likely N-dealkylation sites (N-methyl/N-ethyl adjacent to an activating group) is 1. The molecule has 1 aromatic rings. The van der Waals surface area contributed by atoms with Crippen LogP contribution in [0.25, 0.3) is 5.76 Å². The third kappa shape index (κ3) is 3.96. The van der Waals surface area contributed by atoms with Crippen LogP contribution in [0, 0.1) is 11.8 Å². The number of fused-ring (bicyclic) bond motifs is 3. The van der Waals surface area contributed by atoms with Gasteiger partial charge < -0.3 is 35.9 Å². The highest BCUT2D eigenvalue weighted by atomic mass is 16.6. The summed E-state index contributed by atoms with van der Waals surface area (Å²) >= 11 is 0. The van der Waals surface area contributed by atoms with Crippen molar-refractivity contribution in [2.75, 3.05) is 39.2 Å². The highest BCUT2D eigenvalue weighted by Gasteiger charge is 2.68. The number of benzene rings is 1. The van der Waals surface area contributed by atoms with Crippen molar-refractivity contribution in [2.45, 2.75) is 44.8 Å². The first-order chi connectivity index (χ1) is 18.6.